The Morgan fingerprint density at radius 2 is 2.10 bits per heavy atom. The van der Waals surface area contributed by atoms with Gasteiger partial charge in [-0.2, -0.15) is 0 Å². The van der Waals surface area contributed by atoms with Crippen LogP contribution in [0.1, 0.15) is 18.4 Å². The van der Waals surface area contributed by atoms with E-state index in [1.165, 1.54) is 11.8 Å². The third-order valence-electron chi connectivity index (χ3n) is 4.84. The Balaban J connectivity index is 1.43. The van der Waals surface area contributed by atoms with E-state index in [0.717, 1.165) is 48.0 Å². The highest BCUT2D eigenvalue weighted by atomic mass is 32.2. The number of nitrogens with one attached hydrogen (secondary N) is 1. The lowest BCUT2D eigenvalue weighted by Gasteiger charge is -2.16. The van der Waals surface area contributed by atoms with E-state index in [1.54, 1.807) is 12.4 Å². The number of hydrogen-bond acceptors (Lipinski definition) is 5. The number of carbonyl (C=O) groups is 1. The standard InChI is InChI=1S/C22H24N4O2S/c27-21(24-13-17-6-4-10-23-12-17)16-29-22-25-14-20(18-7-2-1-3-8-18)26(22)15-19-9-5-11-28-19/h1-4,6-8,10,12,14,19H,5,9,11,13,15-16H2,(H,24,27). The Kier molecular flexibility index (Phi) is 6.59. The lowest BCUT2D eigenvalue weighted by molar-refractivity contribution is -0.118. The highest BCUT2D eigenvalue weighted by Crippen LogP contribution is 2.28. The number of ether oxygens (including phenoxy) is 1. The fourth-order valence-corrected chi connectivity index (χ4v) is 4.18. The minimum atomic E-state index is -0.0215. The van der Waals surface area contributed by atoms with E-state index in [2.05, 4.69) is 32.0 Å². The van der Waals surface area contributed by atoms with Gasteiger partial charge in [-0.25, -0.2) is 4.98 Å². The van der Waals surface area contributed by atoms with Crippen molar-refractivity contribution in [3.63, 3.8) is 0 Å². The zero-order valence-electron chi connectivity index (χ0n) is 16.2. The lowest BCUT2D eigenvalue weighted by Crippen LogP contribution is -2.25. The van der Waals surface area contributed by atoms with E-state index in [4.69, 9.17) is 4.74 Å². The van der Waals surface area contributed by atoms with Crippen molar-refractivity contribution in [2.24, 2.45) is 0 Å². The van der Waals surface area contributed by atoms with Gasteiger partial charge in [0.25, 0.3) is 0 Å². The van der Waals surface area contributed by atoms with Crippen LogP contribution >= 0.6 is 11.8 Å². The van der Waals surface area contributed by atoms with Crippen LogP contribution in [0.15, 0.2) is 66.2 Å². The first kappa shape index (κ1) is 19.7. The maximum atomic E-state index is 12.3. The van der Waals surface area contributed by atoms with Crippen molar-refractivity contribution >= 4 is 17.7 Å². The first-order valence-corrected chi connectivity index (χ1v) is 10.8. The summed E-state index contributed by atoms with van der Waals surface area (Å²) in [6.45, 7) is 2.05. The van der Waals surface area contributed by atoms with E-state index in [1.807, 2.05) is 36.5 Å². The summed E-state index contributed by atoms with van der Waals surface area (Å²) in [7, 11) is 0. The van der Waals surface area contributed by atoms with Crippen LogP contribution in [-0.4, -0.2) is 38.9 Å². The molecule has 0 radical (unpaired) electrons. The summed E-state index contributed by atoms with van der Waals surface area (Å²) < 4.78 is 8.03. The first-order chi connectivity index (χ1) is 14.3. The summed E-state index contributed by atoms with van der Waals surface area (Å²) in [4.78, 5) is 21.0. The topological polar surface area (TPSA) is 69.0 Å². The molecule has 1 aliphatic heterocycles. The van der Waals surface area contributed by atoms with Gasteiger partial charge in [0.15, 0.2) is 5.16 Å². The molecule has 0 aliphatic carbocycles. The van der Waals surface area contributed by atoms with Gasteiger partial charge in [-0.05, 0) is 30.0 Å². The van der Waals surface area contributed by atoms with Gasteiger partial charge in [0, 0.05) is 25.5 Å². The van der Waals surface area contributed by atoms with Crippen molar-refractivity contribution in [1.29, 1.82) is 0 Å². The Hall–Kier alpha value is -2.64. The quantitative estimate of drug-likeness (QED) is 0.578. The first-order valence-electron chi connectivity index (χ1n) is 9.80. The molecule has 29 heavy (non-hydrogen) atoms. The molecule has 3 aromatic rings. The molecule has 0 spiro atoms. The fraction of sp³-hybridized carbons (Fsp3) is 0.318. The Morgan fingerprint density at radius 1 is 1.21 bits per heavy atom. The second-order valence-electron chi connectivity index (χ2n) is 6.96. The number of pyridine rings is 1. The molecule has 1 aliphatic rings. The maximum absolute atomic E-state index is 12.3. The Labute approximate surface area is 174 Å². The molecule has 1 aromatic carbocycles. The number of aromatic nitrogens is 3. The van der Waals surface area contributed by atoms with E-state index < -0.39 is 0 Å². The summed E-state index contributed by atoms with van der Waals surface area (Å²) >= 11 is 1.46. The average molecular weight is 409 g/mol. The molecule has 1 unspecified atom stereocenters. The predicted molar refractivity (Wildman–Crippen MR) is 113 cm³/mol. The number of imidazole rings is 1. The third kappa shape index (κ3) is 5.25. The number of carbonyl (C=O) groups excluding carboxylic acids is 1. The molecule has 6 nitrogen and oxygen atoms in total. The molecule has 1 atom stereocenters. The van der Waals surface area contributed by atoms with Gasteiger partial charge in [0.1, 0.15) is 0 Å². The van der Waals surface area contributed by atoms with Gasteiger partial charge in [-0.15, -0.1) is 0 Å². The van der Waals surface area contributed by atoms with Crippen LogP contribution in [0.25, 0.3) is 11.3 Å². The van der Waals surface area contributed by atoms with Gasteiger partial charge in [-0.3, -0.25) is 9.78 Å². The molecule has 0 saturated carbocycles. The van der Waals surface area contributed by atoms with E-state index in [-0.39, 0.29) is 12.0 Å². The molecule has 3 heterocycles. The van der Waals surface area contributed by atoms with Gasteiger partial charge in [0.05, 0.1) is 30.3 Å². The van der Waals surface area contributed by atoms with Crippen LogP contribution in [-0.2, 0) is 22.6 Å². The van der Waals surface area contributed by atoms with Crippen molar-refractivity contribution in [2.45, 2.75) is 37.2 Å². The molecule has 1 amide bonds. The molecule has 0 bridgehead atoms. The summed E-state index contributed by atoms with van der Waals surface area (Å²) in [5.74, 6) is 0.295. The second-order valence-corrected chi connectivity index (χ2v) is 7.91. The summed E-state index contributed by atoms with van der Waals surface area (Å²) in [6.07, 6.45) is 7.72. The molecule has 1 N–H and O–H groups in total. The SMILES string of the molecule is O=C(CSc1ncc(-c2ccccc2)n1CC1CCCO1)NCc1cccnc1. The minimum Gasteiger partial charge on any atom is -0.376 e. The van der Waals surface area contributed by atoms with Crippen LogP contribution in [0.5, 0.6) is 0 Å². The average Bonchev–Trinajstić information content (AvgIpc) is 3.42. The predicted octanol–water partition coefficient (Wildman–Crippen LogP) is 3.53. The highest BCUT2D eigenvalue weighted by Gasteiger charge is 2.21. The third-order valence-corrected chi connectivity index (χ3v) is 5.83. The number of benzene rings is 1. The molecule has 1 saturated heterocycles. The van der Waals surface area contributed by atoms with Crippen LogP contribution in [0, 0.1) is 0 Å². The maximum Gasteiger partial charge on any atom is 0.230 e. The van der Waals surface area contributed by atoms with Crippen LogP contribution in [0.4, 0.5) is 0 Å². The van der Waals surface area contributed by atoms with Gasteiger partial charge >= 0.3 is 0 Å². The zero-order valence-corrected chi connectivity index (χ0v) is 17.0. The number of hydrogen-bond donors (Lipinski definition) is 1. The number of nitrogens with zero attached hydrogens (tertiary/aromatic N) is 3. The smallest absolute Gasteiger partial charge is 0.230 e. The van der Waals surface area contributed by atoms with Crippen molar-refractivity contribution in [1.82, 2.24) is 19.9 Å². The molecule has 1 fully saturated rings. The molecular formula is C22H24N4O2S. The number of rotatable bonds is 8. The number of amides is 1. The van der Waals surface area contributed by atoms with Gasteiger partial charge < -0.3 is 14.6 Å². The summed E-state index contributed by atoms with van der Waals surface area (Å²) in [6, 6.07) is 14.0. The molecule has 4 rings (SSSR count). The molecule has 7 heteroatoms. The monoisotopic (exact) mass is 408 g/mol. The van der Waals surface area contributed by atoms with Crippen molar-refractivity contribution in [3.8, 4) is 11.3 Å². The second kappa shape index (κ2) is 9.71. The normalized spacial score (nSPS) is 16.1. The van der Waals surface area contributed by atoms with E-state index in [9.17, 15) is 4.79 Å². The Morgan fingerprint density at radius 3 is 2.86 bits per heavy atom. The van der Waals surface area contributed by atoms with Crippen molar-refractivity contribution in [2.75, 3.05) is 12.4 Å². The molecule has 2 aromatic heterocycles. The minimum absolute atomic E-state index is 0.0215. The molecule has 150 valence electrons. The van der Waals surface area contributed by atoms with Gasteiger partial charge in [-0.1, -0.05) is 48.2 Å². The van der Waals surface area contributed by atoms with E-state index >= 15 is 0 Å². The van der Waals surface area contributed by atoms with E-state index in [0.29, 0.717) is 12.3 Å². The fourth-order valence-electron chi connectivity index (χ4n) is 3.37. The van der Waals surface area contributed by atoms with Crippen molar-refractivity contribution < 1.29 is 9.53 Å². The largest absolute Gasteiger partial charge is 0.376 e. The Bertz CT molecular complexity index is 925. The lowest BCUT2D eigenvalue weighted by atomic mass is 10.1. The van der Waals surface area contributed by atoms with Crippen LogP contribution in [0.2, 0.25) is 0 Å². The van der Waals surface area contributed by atoms with Crippen LogP contribution < -0.4 is 5.32 Å². The zero-order chi connectivity index (χ0) is 19.9. The summed E-state index contributed by atoms with van der Waals surface area (Å²) in [5, 5.41) is 3.78. The van der Waals surface area contributed by atoms with Crippen molar-refractivity contribution in [3.05, 3.63) is 66.6 Å². The highest BCUT2D eigenvalue weighted by molar-refractivity contribution is 7.99. The molecular weight excluding hydrogens is 384 g/mol. The summed E-state index contributed by atoms with van der Waals surface area (Å²) in [5.41, 5.74) is 3.15. The number of thioether (sulfide) groups is 1. The van der Waals surface area contributed by atoms with Crippen LogP contribution in [0.3, 0.4) is 0 Å². The van der Waals surface area contributed by atoms with Gasteiger partial charge in [0.2, 0.25) is 5.91 Å².